The van der Waals surface area contributed by atoms with E-state index in [9.17, 15) is 0 Å². The molecule has 0 saturated heterocycles. The maximum absolute atomic E-state index is 6.77. The minimum atomic E-state index is -0.816. The Kier molecular flexibility index (Phi) is 6.15. The molecule has 3 heteroatoms. The third-order valence-electron chi connectivity index (χ3n) is 7.80. The third-order valence-corrected chi connectivity index (χ3v) is 10.2. The molecule has 6 rings (SSSR count). The largest absolute Gasteiger partial charge is 0.455 e. The van der Waals surface area contributed by atoms with E-state index < -0.39 is 7.92 Å². The van der Waals surface area contributed by atoms with Crippen molar-refractivity contribution in [3.63, 3.8) is 0 Å². The van der Waals surface area contributed by atoms with Crippen molar-refractivity contribution < 1.29 is 9.47 Å². The fourth-order valence-electron chi connectivity index (χ4n) is 5.61. The summed E-state index contributed by atoms with van der Waals surface area (Å²) in [5, 5.41) is 3.95. The normalized spacial score (nSPS) is 18.3. The van der Waals surface area contributed by atoms with Crippen molar-refractivity contribution in [2.75, 3.05) is 0 Å². The summed E-state index contributed by atoms with van der Waals surface area (Å²) in [4.78, 5) is 0. The lowest BCUT2D eigenvalue weighted by Gasteiger charge is -2.41. The molecule has 2 heterocycles. The SMILES string of the molecule is CC(C)(C)c1ccc2c(c1)C1CC(O2)Oc2c1cc(C(C)(C)C)cc2P(c1ccccc1)c1ccccc1. The summed E-state index contributed by atoms with van der Waals surface area (Å²) in [6.45, 7) is 13.8. The molecular weight excluding hydrogens is 483 g/mol. The Morgan fingerprint density at radius 2 is 1.21 bits per heavy atom. The van der Waals surface area contributed by atoms with Gasteiger partial charge in [-0.15, -0.1) is 0 Å². The highest BCUT2D eigenvalue weighted by Crippen LogP contribution is 2.51. The van der Waals surface area contributed by atoms with E-state index in [1.165, 1.54) is 38.2 Å². The van der Waals surface area contributed by atoms with Crippen LogP contribution in [-0.4, -0.2) is 6.29 Å². The number of fused-ring (bicyclic) bond motifs is 6. The lowest BCUT2D eigenvalue weighted by Crippen LogP contribution is -2.38. The molecule has 0 spiro atoms. The molecule has 2 atom stereocenters. The van der Waals surface area contributed by atoms with Crippen molar-refractivity contribution in [1.29, 1.82) is 0 Å². The summed E-state index contributed by atoms with van der Waals surface area (Å²) in [6.07, 6.45) is 0.568. The first-order valence-corrected chi connectivity index (χ1v) is 15.0. The fraction of sp³-hybridized carbons (Fsp3) is 0.314. The average Bonchev–Trinajstić information content (AvgIpc) is 2.89. The van der Waals surface area contributed by atoms with Crippen molar-refractivity contribution in [3.8, 4) is 11.5 Å². The average molecular weight is 521 g/mol. The van der Waals surface area contributed by atoms with E-state index in [-0.39, 0.29) is 23.0 Å². The number of rotatable bonds is 3. The standard InChI is InChI=1S/C35H37O2P/c1-34(2,3)23-17-18-30-28(19-23)27-22-32(36-30)37-33-29(27)20-24(35(4,5)6)21-31(33)38(25-13-9-7-10-14-25)26-15-11-8-12-16-26/h7-21,27,32H,22H2,1-6H3. The second-order valence-corrected chi connectivity index (χ2v) is 14.8. The first-order valence-electron chi connectivity index (χ1n) is 13.7. The van der Waals surface area contributed by atoms with Crippen LogP contribution in [0.25, 0.3) is 0 Å². The van der Waals surface area contributed by atoms with Crippen LogP contribution in [0.2, 0.25) is 0 Å². The maximum atomic E-state index is 6.77. The van der Waals surface area contributed by atoms with Gasteiger partial charge in [0.05, 0.1) is 0 Å². The predicted octanol–water partition coefficient (Wildman–Crippen LogP) is 7.67. The molecule has 0 aromatic heterocycles. The molecule has 4 aromatic carbocycles. The molecule has 4 aromatic rings. The lowest BCUT2D eigenvalue weighted by molar-refractivity contribution is -0.0256. The highest BCUT2D eigenvalue weighted by Gasteiger charge is 2.40. The van der Waals surface area contributed by atoms with Crippen LogP contribution in [0.3, 0.4) is 0 Å². The van der Waals surface area contributed by atoms with E-state index in [1.54, 1.807) is 0 Å². The minimum absolute atomic E-state index is 0.0102. The quantitative estimate of drug-likeness (QED) is 0.258. The molecule has 0 N–H and O–H groups in total. The molecule has 0 amide bonds. The van der Waals surface area contributed by atoms with Gasteiger partial charge < -0.3 is 9.47 Å². The third kappa shape index (κ3) is 4.54. The predicted molar refractivity (Wildman–Crippen MR) is 160 cm³/mol. The topological polar surface area (TPSA) is 18.5 Å². The van der Waals surface area contributed by atoms with Crippen LogP contribution in [0.1, 0.15) is 76.1 Å². The van der Waals surface area contributed by atoms with Gasteiger partial charge in [0.25, 0.3) is 0 Å². The van der Waals surface area contributed by atoms with Gasteiger partial charge in [0.2, 0.25) is 6.29 Å². The Morgan fingerprint density at radius 1 is 0.632 bits per heavy atom. The fourth-order valence-corrected chi connectivity index (χ4v) is 8.05. The van der Waals surface area contributed by atoms with E-state index in [4.69, 9.17) is 9.47 Å². The van der Waals surface area contributed by atoms with Crippen molar-refractivity contribution >= 4 is 23.8 Å². The van der Waals surface area contributed by atoms with Crippen LogP contribution in [0.4, 0.5) is 0 Å². The van der Waals surface area contributed by atoms with E-state index >= 15 is 0 Å². The molecule has 2 aliphatic heterocycles. The number of ether oxygens (including phenoxy) is 2. The Labute approximate surface area is 228 Å². The van der Waals surface area contributed by atoms with Crippen LogP contribution in [0, 0.1) is 0 Å². The van der Waals surface area contributed by atoms with Gasteiger partial charge in [0, 0.05) is 28.8 Å². The zero-order valence-corrected chi connectivity index (χ0v) is 24.2. The first kappa shape index (κ1) is 25.2. The molecule has 0 aliphatic carbocycles. The molecule has 194 valence electrons. The van der Waals surface area contributed by atoms with Gasteiger partial charge in [-0.2, -0.15) is 0 Å². The van der Waals surface area contributed by atoms with Gasteiger partial charge in [-0.1, -0.05) is 120 Å². The summed E-state index contributed by atoms with van der Waals surface area (Å²) in [5.41, 5.74) is 5.38. The molecule has 2 unspecified atom stereocenters. The number of hydrogen-bond acceptors (Lipinski definition) is 2. The van der Waals surface area contributed by atoms with Gasteiger partial charge in [-0.25, -0.2) is 0 Å². The van der Waals surface area contributed by atoms with Crippen molar-refractivity contribution in [2.45, 2.75) is 71.0 Å². The molecule has 2 bridgehead atoms. The molecule has 2 aliphatic rings. The van der Waals surface area contributed by atoms with E-state index in [2.05, 4.69) is 133 Å². The Hall–Kier alpha value is -3.09. The molecule has 38 heavy (non-hydrogen) atoms. The van der Waals surface area contributed by atoms with Crippen LogP contribution in [0.15, 0.2) is 91.0 Å². The molecule has 2 nitrogen and oxygen atoms in total. The number of benzene rings is 4. The molecule has 0 saturated carbocycles. The zero-order valence-electron chi connectivity index (χ0n) is 23.3. The summed E-state index contributed by atoms with van der Waals surface area (Å²) in [7, 11) is -0.816. The smallest absolute Gasteiger partial charge is 0.242 e. The monoisotopic (exact) mass is 520 g/mol. The van der Waals surface area contributed by atoms with Crippen LogP contribution >= 0.6 is 7.92 Å². The Morgan fingerprint density at radius 3 is 1.79 bits per heavy atom. The second kappa shape index (κ2) is 9.28. The van der Waals surface area contributed by atoms with Gasteiger partial charge in [-0.05, 0) is 52.6 Å². The van der Waals surface area contributed by atoms with Crippen molar-refractivity contribution in [2.24, 2.45) is 0 Å². The summed E-state index contributed by atoms with van der Waals surface area (Å²) in [5.74, 6) is 2.23. The van der Waals surface area contributed by atoms with Crippen LogP contribution < -0.4 is 25.4 Å². The Bertz CT molecular complexity index is 1420. The van der Waals surface area contributed by atoms with E-state index in [0.29, 0.717) is 0 Å². The summed E-state index contributed by atoms with van der Waals surface area (Å²) in [6, 6.07) is 33.4. The first-order chi connectivity index (χ1) is 18.1. The minimum Gasteiger partial charge on any atom is -0.455 e. The second-order valence-electron chi connectivity index (χ2n) is 12.6. The van der Waals surface area contributed by atoms with Crippen molar-refractivity contribution in [3.05, 3.63) is 113 Å². The highest BCUT2D eigenvalue weighted by molar-refractivity contribution is 7.80. The van der Waals surface area contributed by atoms with Gasteiger partial charge in [0.1, 0.15) is 11.5 Å². The maximum Gasteiger partial charge on any atom is 0.242 e. The van der Waals surface area contributed by atoms with Crippen LogP contribution in [-0.2, 0) is 10.8 Å². The van der Waals surface area contributed by atoms with E-state index in [0.717, 1.165) is 17.9 Å². The Balaban J connectivity index is 1.61. The summed E-state index contributed by atoms with van der Waals surface area (Å²) >= 11 is 0. The molecule has 0 radical (unpaired) electrons. The molecule has 0 fully saturated rings. The molecular formula is C35H37O2P. The lowest BCUT2D eigenvalue weighted by atomic mass is 9.77. The number of hydrogen-bond donors (Lipinski definition) is 0. The van der Waals surface area contributed by atoms with Gasteiger partial charge >= 0.3 is 0 Å². The summed E-state index contributed by atoms with van der Waals surface area (Å²) < 4.78 is 13.2. The highest BCUT2D eigenvalue weighted by atomic mass is 31.1. The van der Waals surface area contributed by atoms with Crippen LogP contribution in [0.5, 0.6) is 11.5 Å². The van der Waals surface area contributed by atoms with E-state index in [1.807, 2.05) is 0 Å². The van der Waals surface area contributed by atoms with Gasteiger partial charge in [-0.3, -0.25) is 0 Å². The van der Waals surface area contributed by atoms with Crippen molar-refractivity contribution in [1.82, 2.24) is 0 Å². The van der Waals surface area contributed by atoms with Gasteiger partial charge in [0.15, 0.2) is 0 Å². The zero-order chi connectivity index (χ0) is 26.7.